The molecule has 0 spiro atoms. The maximum Gasteiger partial charge on any atom is 0.415 e. The number of cyclic esters (lactones) is 1. The Morgan fingerprint density at radius 2 is 1.97 bits per heavy atom. The van der Waals surface area contributed by atoms with Crippen molar-refractivity contribution in [2.45, 2.75) is 45.3 Å². The number of nitrogens with zero attached hydrogens (tertiary/aromatic N) is 1. The maximum absolute atomic E-state index is 13.5. The van der Waals surface area contributed by atoms with Gasteiger partial charge < -0.3 is 14.8 Å². The van der Waals surface area contributed by atoms with Crippen molar-refractivity contribution in [2.24, 2.45) is 5.92 Å². The lowest BCUT2D eigenvalue weighted by atomic mass is 10.0. The number of ether oxygens (including phenoxy) is 2. The van der Waals surface area contributed by atoms with Gasteiger partial charge in [0.05, 0.1) is 18.8 Å². The fourth-order valence-electron chi connectivity index (χ4n) is 3.32. The first-order chi connectivity index (χ1) is 14.1. The Hall–Kier alpha value is -2.97. The summed E-state index contributed by atoms with van der Waals surface area (Å²) in [6.45, 7) is 5.41. The molecule has 7 nitrogen and oxygen atoms in total. The quantitative estimate of drug-likeness (QED) is 0.713. The van der Waals surface area contributed by atoms with Gasteiger partial charge in [0.1, 0.15) is 11.6 Å². The van der Waals surface area contributed by atoms with E-state index in [9.17, 15) is 23.2 Å². The van der Waals surface area contributed by atoms with Crippen molar-refractivity contribution >= 4 is 23.7 Å². The number of nitrogens with one attached hydrogen (secondary N) is 1. The van der Waals surface area contributed by atoms with Crippen LogP contribution in [0, 0.1) is 17.6 Å². The van der Waals surface area contributed by atoms with E-state index in [1.165, 1.54) is 6.92 Å². The molecule has 1 N–H and O–H groups in total. The third-order valence-electron chi connectivity index (χ3n) is 4.89. The van der Waals surface area contributed by atoms with E-state index < -0.39 is 35.2 Å². The molecule has 0 bridgehead atoms. The Kier molecular flexibility index (Phi) is 6.09. The number of rotatable bonds is 6. The molecular weight excluding hydrogens is 398 g/mol. The summed E-state index contributed by atoms with van der Waals surface area (Å²) in [4.78, 5) is 38.1. The molecule has 1 aromatic carbocycles. The van der Waals surface area contributed by atoms with Gasteiger partial charge in [-0.05, 0) is 37.8 Å². The summed E-state index contributed by atoms with van der Waals surface area (Å²) in [7, 11) is 0. The van der Waals surface area contributed by atoms with Crippen LogP contribution in [0.5, 0.6) is 0 Å². The molecular formula is C21H24F2N2O5. The predicted octanol–water partition coefficient (Wildman–Crippen LogP) is 3.08. The lowest BCUT2D eigenvalue weighted by molar-refractivity contribution is -0.140. The summed E-state index contributed by atoms with van der Waals surface area (Å²) < 4.78 is 37.4. The van der Waals surface area contributed by atoms with Crippen molar-refractivity contribution in [3.8, 4) is 0 Å². The highest BCUT2D eigenvalue weighted by molar-refractivity contribution is 5.98. The van der Waals surface area contributed by atoms with E-state index in [2.05, 4.69) is 5.32 Å². The topological polar surface area (TPSA) is 84.9 Å². The second-order valence-corrected chi connectivity index (χ2v) is 8.14. The van der Waals surface area contributed by atoms with E-state index in [1.807, 2.05) is 13.8 Å². The minimum absolute atomic E-state index is 0.0354. The number of amides is 2. The van der Waals surface area contributed by atoms with Crippen LogP contribution in [0.4, 0.5) is 19.3 Å². The summed E-state index contributed by atoms with van der Waals surface area (Å²) in [6, 6.07) is 2.33. The molecule has 1 heterocycles. The number of anilines is 1. The summed E-state index contributed by atoms with van der Waals surface area (Å²) in [6.07, 6.45) is 1.60. The van der Waals surface area contributed by atoms with Crippen molar-refractivity contribution in [1.82, 2.24) is 5.32 Å². The summed E-state index contributed by atoms with van der Waals surface area (Å²) >= 11 is 0. The number of carbonyl (C=O) groups is 3. The van der Waals surface area contributed by atoms with Gasteiger partial charge in [0, 0.05) is 17.7 Å². The van der Waals surface area contributed by atoms with Crippen LogP contribution >= 0.6 is 0 Å². The fraction of sp³-hybridized carbons (Fsp3) is 0.476. The largest absolute Gasteiger partial charge is 0.462 e. The zero-order chi connectivity index (χ0) is 22.1. The zero-order valence-electron chi connectivity index (χ0n) is 17.0. The average molecular weight is 422 g/mol. The van der Waals surface area contributed by atoms with Gasteiger partial charge in [-0.2, -0.15) is 0 Å². The number of halogens is 2. The third-order valence-corrected chi connectivity index (χ3v) is 4.89. The highest BCUT2D eigenvalue weighted by Crippen LogP contribution is 2.30. The van der Waals surface area contributed by atoms with Crippen LogP contribution in [0.1, 0.15) is 33.6 Å². The standard InChI is InChI=1S/C21H24F2N2O5/c1-12(2)10-29-18(26)13-4-5-16(6-13)24-19(27)21(3)11-25(20(28)30-21)17-8-14(22)7-15(23)9-17/h4,7-9,12,16H,5-6,10-11H2,1-3H3,(H,24,27)/t16-,21?/m0/s1. The van der Waals surface area contributed by atoms with Crippen molar-refractivity contribution in [1.29, 1.82) is 0 Å². The molecule has 2 aliphatic rings. The first-order valence-corrected chi connectivity index (χ1v) is 9.71. The molecule has 1 aromatic rings. The van der Waals surface area contributed by atoms with Crippen molar-refractivity contribution in [3.63, 3.8) is 0 Å². The number of hydrogen-bond acceptors (Lipinski definition) is 5. The van der Waals surface area contributed by atoms with Gasteiger partial charge in [0.25, 0.3) is 5.91 Å². The summed E-state index contributed by atoms with van der Waals surface area (Å²) in [5.41, 5.74) is -1.08. The van der Waals surface area contributed by atoms with Gasteiger partial charge in [-0.3, -0.25) is 9.69 Å². The first-order valence-electron chi connectivity index (χ1n) is 9.71. The van der Waals surface area contributed by atoms with Crippen LogP contribution in [0.3, 0.4) is 0 Å². The first kappa shape index (κ1) is 21.7. The molecule has 1 aliphatic heterocycles. The van der Waals surface area contributed by atoms with E-state index in [-0.39, 0.29) is 24.2 Å². The molecule has 1 saturated heterocycles. The Balaban J connectivity index is 1.60. The van der Waals surface area contributed by atoms with Gasteiger partial charge in [-0.1, -0.05) is 19.9 Å². The lowest BCUT2D eigenvalue weighted by Crippen LogP contribution is -2.50. The third kappa shape index (κ3) is 4.77. The highest BCUT2D eigenvalue weighted by atomic mass is 19.1. The lowest BCUT2D eigenvalue weighted by Gasteiger charge is -2.23. The molecule has 1 unspecified atom stereocenters. The van der Waals surface area contributed by atoms with Crippen LogP contribution in [-0.2, 0) is 19.1 Å². The van der Waals surface area contributed by atoms with Crippen molar-refractivity contribution in [3.05, 3.63) is 41.5 Å². The molecule has 162 valence electrons. The molecule has 1 aliphatic carbocycles. The minimum Gasteiger partial charge on any atom is -0.462 e. The maximum atomic E-state index is 13.5. The normalized spacial score (nSPS) is 23.4. The van der Waals surface area contributed by atoms with Crippen molar-refractivity contribution < 1.29 is 32.6 Å². The van der Waals surface area contributed by atoms with E-state index >= 15 is 0 Å². The SMILES string of the molecule is CC(C)COC(=O)C1=CC[C@H](NC(=O)C2(C)CN(c3cc(F)cc(F)c3)C(=O)O2)C1. The molecule has 2 amide bonds. The van der Waals surface area contributed by atoms with Crippen LogP contribution < -0.4 is 10.2 Å². The molecule has 0 saturated carbocycles. The van der Waals surface area contributed by atoms with E-state index in [0.717, 1.165) is 17.0 Å². The molecule has 2 atom stereocenters. The second-order valence-electron chi connectivity index (χ2n) is 8.14. The van der Waals surface area contributed by atoms with Gasteiger partial charge in [-0.15, -0.1) is 0 Å². The molecule has 0 aromatic heterocycles. The van der Waals surface area contributed by atoms with E-state index in [1.54, 1.807) is 6.08 Å². The zero-order valence-corrected chi connectivity index (χ0v) is 17.0. The van der Waals surface area contributed by atoms with Crippen molar-refractivity contribution in [2.75, 3.05) is 18.1 Å². The minimum atomic E-state index is -1.54. The number of hydrogen-bond donors (Lipinski definition) is 1. The highest BCUT2D eigenvalue weighted by Gasteiger charge is 2.48. The van der Waals surface area contributed by atoms with Gasteiger partial charge in [0.15, 0.2) is 0 Å². The molecule has 1 fully saturated rings. The Bertz CT molecular complexity index is 881. The average Bonchev–Trinajstić information content (AvgIpc) is 3.23. The van der Waals surface area contributed by atoms with E-state index in [4.69, 9.17) is 9.47 Å². The summed E-state index contributed by atoms with van der Waals surface area (Å²) in [5.74, 6) is -2.42. The van der Waals surface area contributed by atoms with Crippen LogP contribution in [0.25, 0.3) is 0 Å². The van der Waals surface area contributed by atoms with Gasteiger partial charge in [0.2, 0.25) is 5.60 Å². The molecule has 9 heteroatoms. The molecule has 30 heavy (non-hydrogen) atoms. The molecule has 0 radical (unpaired) electrons. The Morgan fingerprint density at radius 1 is 1.30 bits per heavy atom. The van der Waals surface area contributed by atoms with E-state index in [0.29, 0.717) is 31.1 Å². The monoisotopic (exact) mass is 422 g/mol. The Morgan fingerprint density at radius 3 is 2.60 bits per heavy atom. The number of esters is 1. The van der Waals surface area contributed by atoms with Crippen LogP contribution in [-0.4, -0.2) is 42.8 Å². The fourth-order valence-corrected chi connectivity index (χ4v) is 3.32. The summed E-state index contributed by atoms with van der Waals surface area (Å²) in [5, 5.41) is 2.78. The number of benzene rings is 1. The second kappa shape index (κ2) is 8.41. The molecule has 3 rings (SSSR count). The Labute approximate surface area is 173 Å². The number of carbonyl (C=O) groups excluding carboxylic acids is 3. The van der Waals surface area contributed by atoms with Crippen LogP contribution in [0.2, 0.25) is 0 Å². The van der Waals surface area contributed by atoms with Gasteiger partial charge in [-0.25, -0.2) is 18.4 Å². The predicted molar refractivity (Wildman–Crippen MR) is 104 cm³/mol. The van der Waals surface area contributed by atoms with Gasteiger partial charge >= 0.3 is 12.1 Å². The van der Waals surface area contributed by atoms with Crippen LogP contribution in [0.15, 0.2) is 29.8 Å². The smallest absolute Gasteiger partial charge is 0.415 e.